The first-order valence-electron chi connectivity index (χ1n) is 9.82. The van der Waals surface area contributed by atoms with Crippen molar-refractivity contribution >= 4 is 23.3 Å². The van der Waals surface area contributed by atoms with Crippen molar-refractivity contribution in [2.24, 2.45) is 0 Å². The van der Waals surface area contributed by atoms with E-state index in [9.17, 15) is 9.59 Å². The highest BCUT2D eigenvalue weighted by Crippen LogP contribution is 2.06. The van der Waals surface area contributed by atoms with Crippen LogP contribution in [-0.2, 0) is 6.42 Å². The Labute approximate surface area is 170 Å². The molecule has 2 N–H and O–H groups in total. The van der Waals surface area contributed by atoms with Gasteiger partial charge in [-0.2, -0.15) is 11.3 Å². The molecule has 0 saturated carbocycles. The first-order chi connectivity index (χ1) is 13.7. The van der Waals surface area contributed by atoms with Crippen molar-refractivity contribution in [3.05, 3.63) is 58.3 Å². The third-order valence-corrected chi connectivity index (χ3v) is 5.60. The van der Waals surface area contributed by atoms with Gasteiger partial charge in [-0.1, -0.05) is 30.3 Å². The van der Waals surface area contributed by atoms with Crippen molar-refractivity contribution in [1.29, 1.82) is 0 Å². The van der Waals surface area contributed by atoms with Crippen molar-refractivity contribution < 1.29 is 9.59 Å². The van der Waals surface area contributed by atoms with Gasteiger partial charge in [0.05, 0.1) is 0 Å². The molecule has 3 amide bonds. The summed E-state index contributed by atoms with van der Waals surface area (Å²) in [6.45, 7) is 5.26. The quantitative estimate of drug-likeness (QED) is 0.669. The number of amides is 3. The zero-order valence-corrected chi connectivity index (χ0v) is 16.9. The average molecular weight is 401 g/mol. The van der Waals surface area contributed by atoms with Crippen LogP contribution in [0.25, 0.3) is 0 Å². The third kappa shape index (κ3) is 6.35. The maximum absolute atomic E-state index is 12.3. The van der Waals surface area contributed by atoms with Gasteiger partial charge in [-0.3, -0.25) is 9.69 Å². The second-order valence-corrected chi connectivity index (χ2v) is 7.70. The molecule has 6 nitrogen and oxygen atoms in total. The molecular formula is C21H28N4O2S. The molecule has 3 rings (SSSR count). The molecule has 0 atom stereocenters. The molecule has 2 aromatic rings. The van der Waals surface area contributed by atoms with Crippen LogP contribution in [0.5, 0.6) is 0 Å². The number of hydrogen-bond acceptors (Lipinski definition) is 4. The Bertz CT molecular complexity index is 728. The number of urea groups is 1. The smallest absolute Gasteiger partial charge is 0.317 e. The van der Waals surface area contributed by atoms with Gasteiger partial charge in [-0.15, -0.1) is 0 Å². The Morgan fingerprint density at radius 1 is 0.964 bits per heavy atom. The van der Waals surface area contributed by atoms with Gasteiger partial charge in [-0.25, -0.2) is 4.79 Å². The fraction of sp³-hybridized carbons (Fsp3) is 0.429. The van der Waals surface area contributed by atoms with Gasteiger partial charge in [0, 0.05) is 56.8 Å². The summed E-state index contributed by atoms with van der Waals surface area (Å²) in [6.07, 6.45) is 1.92. The fourth-order valence-electron chi connectivity index (χ4n) is 3.24. The van der Waals surface area contributed by atoms with Crippen LogP contribution in [-0.4, -0.2) is 67.6 Å². The second kappa shape index (κ2) is 10.8. The van der Waals surface area contributed by atoms with Crippen molar-refractivity contribution in [2.45, 2.75) is 12.8 Å². The highest BCUT2D eigenvalue weighted by atomic mass is 32.1. The zero-order valence-electron chi connectivity index (χ0n) is 16.1. The summed E-state index contributed by atoms with van der Waals surface area (Å²) in [6, 6.07) is 12.2. The number of benzene rings is 1. The van der Waals surface area contributed by atoms with Crippen molar-refractivity contribution in [3.8, 4) is 0 Å². The first kappa shape index (κ1) is 20.4. The molecule has 1 fully saturated rings. The SMILES string of the molecule is O=C(NCCN1CCN(C(=O)NCCCc2ccccc2)CC1)c1ccsc1. The minimum atomic E-state index is -0.0187. The van der Waals surface area contributed by atoms with Gasteiger partial charge in [-0.05, 0) is 29.9 Å². The van der Waals surface area contributed by atoms with Gasteiger partial charge in [0.15, 0.2) is 0 Å². The van der Waals surface area contributed by atoms with Crippen LogP contribution in [0, 0.1) is 0 Å². The largest absolute Gasteiger partial charge is 0.351 e. The van der Waals surface area contributed by atoms with Gasteiger partial charge in [0.1, 0.15) is 0 Å². The summed E-state index contributed by atoms with van der Waals surface area (Å²) in [7, 11) is 0. The lowest BCUT2D eigenvalue weighted by Gasteiger charge is -2.34. The molecule has 0 spiro atoms. The van der Waals surface area contributed by atoms with Gasteiger partial charge in [0.2, 0.25) is 0 Å². The Balaban J connectivity index is 1.26. The summed E-state index contributed by atoms with van der Waals surface area (Å²) in [5.41, 5.74) is 2.02. The van der Waals surface area contributed by atoms with Crippen LogP contribution in [0.15, 0.2) is 47.2 Å². The summed E-state index contributed by atoms with van der Waals surface area (Å²) in [5.74, 6) is -0.0187. The number of nitrogens with zero attached hydrogens (tertiary/aromatic N) is 2. The third-order valence-electron chi connectivity index (χ3n) is 4.92. The number of piperazine rings is 1. The van der Waals surface area contributed by atoms with E-state index in [2.05, 4.69) is 27.7 Å². The topological polar surface area (TPSA) is 64.7 Å². The van der Waals surface area contributed by atoms with Gasteiger partial charge in [0.25, 0.3) is 5.91 Å². The van der Waals surface area contributed by atoms with Crippen molar-refractivity contribution in [2.75, 3.05) is 45.8 Å². The van der Waals surface area contributed by atoms with E-state index in [1.807, 2.05) is 39.9 Å². The van der Waals surface area contributed by atoms with E-state index in [0.29, 0.717) is 13.1 Å². The normalized spacial score (nSPS) is 14.6. The van der Waals surface area contributed by atoms with Crippen LogP contribution >= 0.6 is 11.3 Å². The van der Waals surface area contributed by atoms with E-state index in [-0.39, 0.29) is 11.9 Å². The molecule has 0 bridgehead atoms. The van der Waals surface area contributed by atoms with Gasteiger partial charge >= 0.3 is 6.03 Å². The summed E-state index contributed by atoms with van der Waals surface area (Å²) in [5, 5.41) is 9.73. The standard InChI is InChI=1S/C21H28N4O2S/c26-20(19-8-16-28-17-19)22-10-11-24-12-14-25(15-13-24)21(27)23-9-4-7-18-5-2-1-3-6-18/h1-3,5-6,8,16-17H,4,7,9-15H2,(H,22,26)(H,23,27). The summed E-state index contributed by atoms with van der Waals surface area (Å²) in [4.78, 5) is 28.4. The number of hydrogen-bond donors (Lipinski definition) is 2. The summed E-state index contributed by atoms with van der Waals surface area (Å²) < 4.78 is 0. The summed E-state index contributed by atoms with van der Waals surface area (Å²) >= 11 is 1.52. The molecule has 1 aliphatic heterocycles. The van der Waals surface area contributed by atoms with E-state index in [4.69, 9.17) is 0 Å². The fourth-order valence-corrected chi connectivity index (χ4v) is 3.88. The Hall–Kier alpha value is -2.38. The van der Waals surface area contributed by atoms with Crippen molar-refractivity contribution in [1.82, 2.24) is 20.4 Å². The number of carbonyl (C=O) groups is 2. The number of carbonyl (C=O) groups excluding carboxylic acids is 2. The van der Waals surface area contributed by atoms with E-state index in [1.165, 1.54) is 16.9 Å². The Kier molecular flexibility index (Phi) is 7.87. The van der Waals surface area contributed by atoms with E-state index >= 15 is 0 Å². The molecule has 0 unspecified atom stereocenters. The first-order valence-corrected chi connectivity index (χ1v) is 10.8. The minimum Gasteiger partial charge on any atom is -0.351 e. The number of thiophene rings is 1. The predicted octanol–water partition coefficient (Wildman–Crippen LogP) is 2.44. The molecule has 2 heterocycles. The lowest BCUT2D eigenvalue weighted by atomic mass is 10.1. The highest BCUT2D eigenvalue weighted by Gasteiger charge is 2.20. The maximum Gasteiger partial charge on any atom is 0.317 e. The highest BCUT2D eigenvalue weighted by molar-refractivity contribution is 7.08. The molecule has 1 aromatic carbocycles. The van der Waals surface area contributed by atoms with Crippen molar-refractivity contribution in [3.63, 3.8) is 0 Å². The van der Waals surface area contributed by atoms with E-state index in [0.717, 1.165) is 51.1 Å². The molecule has 1 aromatic heterocycles. The number of nitrogens with one attached hydrogen (secondary N) is 2. The van der Waals surface area contributed by atoms with Crippen LogP contribution < -0.4 is 10.6 Å². The molecule has 0 aliphatic carbocycles. The number of aryl methyl sites for hydroxylation is 1. The van der Waals surface area contributed by atoms with E-state index in [1.54, 1.807) is 0 Å². The average Bonchev–Trinajstić information content (AvgIpc) is 3.27. The second-order valence-electron chi connectivity index (χ2n) is 6.92. The lowest BCUT2D eigenvalue weighted by molar-refractivity contribution is 0.0942. The minimum absolute atomic E-state index is 0.0187. The zero-order chi connectivity index (χ0) is 19.6. The van der Waals surface area contributed by atoms with Crippen LogP contribution in [0.3, 0.4) is 0 Å². The molecule has 0 radical (unpaired) electrons. The number of rotatable bonds is 8. The lowest BCUT2D eigenvalue weighted by Crippen LogP contribution is -2.52. The molecule has 7 heteroatoms. The molecule has 1 saturated heterocycles. The van der Waals surface area contributed by atoms with E-state index < -0.39 is 0 Å². The molecule has 150 valence electrons. The molecular weight excluding hydrogens is 372 g/mol. The Morgan fingerprint density at radius 3 is 2.46 bits per heavy atom. The molecule has 1 aliphatic rings. The van der Waals surface area contributed by atoms with Crippen LogP contribution in [0.1, 0.15) is 22.3 Å². The van der Waals surface area contributed by atoms with Crippen LogP contribution in [0.4, 0.5) is 4.79 Å². The monoisotopic (exact) mass is 400 g/mol. The predicted molar refractivity (Wildman–Crippen MR) is 113 cm³/mol. The molecule has 28 heavy (non-hydrogen) atoms. The van der Waals surface area contributed by atoms with Crippen LogP contribution in [0.2, 0.25) is 0 Å². The maximum atomic E-state index is 12.3. The van der Waals surface area contributed by atoms with Gasteiger partial charge < -0.3 is 15.5 Å². The Morgan fingerprint density at radius 2 is 1.75 bits per heavy atom.